The molecule has 9 heavy (non-hydrogen) atoms. The second kappa shape index (κ2) is 4.13. The van der Waals surface area contributed by atoms with Crippen LogP contribution in [0.2, 0.25) is 0 Å². The first kappa shape index (κ1) is 8.21. The van der Waals surface area contributed by atoms with Crippen LogP contribution in [0, 0.1) is 6.42 Å². The minimum Gasteiger partial charge on any atom is -0.345 e. The number of carbonyl (C=O) groups excluding carboxylic acids is 1. The first-order chi connectivity index (χ1) is 4.18. The Hall–Kier alpha value is -0.790. The van der Waals surface area contributed by atoms with Gasteiger partial charge in [0, 0.05) is 14.1 Å². The largest absolute Gasteiger partial charge is 0.345 e. The van der Waals surface area contributed by atoms with Crippen molar-refractivity contribution >= 4 is 5.91 Å². The monoisotopic (exact) mass is 126 g/mol. The quantitative estimate of drug-likeness (QED) is 0.502. The van der Waals surface area contributed by atoms with E-state index < -0.39 is 0 Å². The van der Waals surface area contributed by atoms with E-state index in [1.54, 1.807) is 20.2 Å². The number of hydrogen-bond acceptors (Lipinski definition) is 1. The predicted octanol–water partition coefficient (Wildman–Crippen LogP) is 0.855. The second-order valence-electron chi connectivity index (χ2n) is 1.93. The van der Waals surface area contributed by atoms with Crippen molar-refractivity contribution in [3.63, 3.8) is 0 Å². The van der Waals surface area contributed by atoms with Gasteiger partial charge in [-0.05, 0) is 12.5 Å². The molecular formula is C7H12NO. The third-order valence-electron chi connectivity index (χ3n) is 0.872. The Morgan fingerprint density at radius 1 is 1.44 bits per heavy atom. The number of nitrogens with zero attached hydrogens (tertiary/aromatic N) is 1. The van der Waals surface area contributed by atoms with Crippen molar-refractivity contribution < 1.29 is 4.79 Å². The lowest BCUT2D eigenvalue weighted by Crippen LogP contribution is -2.18. The zero-order valence-electron chi connectivity index (χ0n) is 6.09. The van der Waals surface area contributed by atoms with E-state index >= 15 is 0 Å². The Balaban J connectivity index is 3.63. The molecule has 0 rings (SSSR count). The van der Waals surface area contributed by atoms with E-state index in [1.165, 1.54) is 11.0 Å². The van der Waals surface area contributed by atoms with Crippen molar-refractivity contribution in [2.45, 2.75) is 6.92 Å². The smallest absolute Gasteiger partial charge is 0.245 e. The molecule has 2 heteroatoms. The van der Waals surface area contributed by atoms with Crippen LogP contribution < -0.4 is 0 Å². The number of allylic oxidation sites excluding steroid dienone is 1. The van der Waals surface area contributed by atoms with E-state index in [2.05, 4.69) is 0 Å². The first-order valence-corrected chi connectivity index (χ1v) is 2.85. The van der Waals surface area contributed by atoms with Gasteiger partial charge in [0.25, 0.3) is 0 Å². The van der Waals surface area contributed by atoms with Crippen molar-refractivity contribution in [3.8, 4) is 0 Å². The van der Waals surface area contributed by atoms with Crippen LogP contribution in [0.1, 0.15) is 6.92 Å². The molecule has 0 saturated heterocycles. The van der Waals surface area contributed by atoms with Gasteiger partial charge in [-0.3, -0.25) is 4.79 Å². The first-order valence-electron chi connectivity index (χ1n) is 2.85. The molecule has 1 amide bonds. The molecule has 0 aliphatic rings. The maximum Gasteiger partial charge on any atom is 0.245 e. The van der Waals surface area contributed by atoms with Crippen molar-refractivity contribution in [3.05, 3.63) is 18.6 Å². The summed E-state index contributed by atoms with van der Waals surface area (Å²) in [6.07, 6.45) is 5.07. The molecule has 1 radical (unpaired) electrons. The lowest BCUT2D eigenvalue weighted by Gasteiger charge is -2.04. The number of carbonyl (C=O) groups is 1. The average Bonchev–Trinajstić information content (AvgIpc) is 1.82. The average molecular weight is 126 g/mol. The highest BCUT2D eigenvalue weighted by Crippen LogP contribution is 1.82. The molecule has 0 N–H and O–H groups in total. The van der Waals surface area contributed by atoms with Gasteiger partial charge < -0.3 is 4.90 Å². The number of hydrogen-bond donors (Lipinski definition) is 0. The van der Waals surface area contributed by atoms with Crippen molar-refractivity contribution in [2.24, 2.45) is 0 Å². The molecule has 0 fully saturated rings. The summed E-state index contributed by atoms with van der Waals surface area (Å²) in [6.45, 7) is 1.87. The number of amides is 1. The van der Waals surface area contributed by atoms with Crippen LogP contribution in [0.3, 0.4) is 0 Å². The van der Waals surface area contributed by atoms with Crippen LogP contribution in [0.25, 0.3) is 0 Å². The van der Waals surface area contributed by atoms with Crippen molar-refractivity contribution in [1.82, 2.24) is 4.90 Å². The Morgan fingerprint density at radius 2 is 2.00 bits per heavy atom. The van der Waals surface area contributed by atoms with Crippen LogP contribution in [-0.2, 0) is 4.79 Å². The van der Waals surface area contributed by atoms with Gasteiger partial charge in [-0.25, -0.2) is 0 Å². The van der Waals surface area contributed by atoms with Crippen LogP contribution >= 0.6 is 0 Å². The second-order valence-corrected chi connectivity index (χ2v) is 1.93. The highest BCUT2D eigenvalue weighted by Gasteiger charge is 1.93. The van der Waals surface area contributed by atoms with Gasteiger partial charge in [-0.2, -0.15) is 0 Å². The van der Waals surface area contributed by atoms with Gasteiger partial charge in [0.05, 0.1) is 0 Å². The fraction of sp³-hybridized carbons (Fsp3) is 0.429. The van der Waals surface area contributed by atoms with E-state index in [-0.39, 0.29) is 5.91 Å². The third kappa shape index (κ3) is 3.76. The summed E-state index contributed by atoms with van der Waals surface area (Å²) in [5, 5.41) is 0. The minimum atomic E-state index is 0.0214. The van der Waals surface area contributed by atoms with Gasteiger partial charge in [0.1, 0.15) is 0 Å². The highest BCUT2D eigenvalue weighted by molar-refractivity contribution is 5.87. The van der Waals surface area contributed by atoms with Gasteiger partial charge in [0.15, 0.2) is 0 Å². The van der Waals surface area contributed by atoms with Crippen LogP contribution in [-0.4, -0.2) is 24.9 Å². The normalized spacial score (nSPS) is 10.1. The Bertz CT molecular complexity index is 116. The summed E-state index contributed by atoms with van der Waals surface area (Å²) in [5.74, 6) is 0.0214. The minimum absolute atomic E-state index is 0.0214. The zero-order chi connectivity index (χ0) is 7.28. The summed E-state index contributed by atoms with van der Waals surface area (Å²) >= 11 is 0. The zero-order valence-corrected chi connectivity index (χ0v) is 6.09. The standard InChI is InChI=1S/C7H12NO/c1-4-5-6-7(9)8(2)3/h4-6H,1-3H3. The topological polar surface area (TPSA) is 20.3 Å². The fourth-order valence-electron chi connectivity index (χ4n) is 0.328. The number of likely N-dealkylation sites (N-methyl/N-ethyl adjacent to an activating group) is 1. The Morgan fingerprint density at radius 3 is 2.33 bits per heavy atom. The maximum absolute atomic E-state index is 10.7. The molecule has 0 saturated carbocycles. The van der Waals surface area contributed by atoms with Gasteiger partial charge in [-0.15, -0.1) is 0 Å². The molecule has 0 aromatic carbocycles. The summed E-state index contributed by atoms with van der Waals surface area (Å²) in [6, 6.07) is 0. The summed E-state index contributed by atoms with van der Waals surface area (Å²) in [4.78, 5) is 12.2. The maximum atomic E-state index is 10.7. The van der Waals surface area contributed by atoms with E-state index in [0.29, 0.717) is 0 Å². The molecule has 2 nitrogen and oxygen atoms in total. The number of rotatable bonds is 2. The molecule has 0 aromatic rings. The Kier molecular flexibility index (Phi) is 3.76. The van der Waals surface area contributed by atoms with Crippen LogP contribution in [0.15, 0.2) is 12.2 Å². The van der Waals surface area contributed by atoms with E-state index in [0.717, 1.165) is 0 Å². The Labute approximate surface area is 56.2 Å². The van der Waals surface area contributed by atoms with Crippen molar-refractivity contribution in [2.75, 3.05) is 14.1 Å². The molecule has 0 unspecified atom stereocenters. The molecule has 0 bridgehead atoms. The molecule has 0 spiro atoms. The predicted molar refractivity (Wildman–Crippen MR) is 37.8 cm³/mol. The van der Waals surface area contributed by atoms with Crippen LogP contribution in [0.5, 0.6) is 0 Å². The van der Waals surface area contributed by atoms with Crippen molar-refractivity contribution in [1.29, 1.82) is 0 Å². The molecular weight excluding hydrogens is 114 g/mol. The molecule has 0 aliphatic heterocycles. The summed E-state index contributed by atoms with van der Waals surface area (Å²) < 4.78 is 0. The van der Waals surface area contributed by atoms with Crippen LogP contribution in [0.4, 0.5) is 0 Å². The fourth-order valence-corrected chi connectivity index (χ4v) is 0.328. The SMILES string of the molecule is C[CH]C=CC(=O)N(C)C. The van der Waals surface area contributed by atoms with Gasteiger partial charge in [-0.1, -0.05) is 13.0 Å². The highest BCUT2D eigenvalue weighted by atomic mass is 16.2. The van der Waals surface area contributed by atoms with E-state index in [9.17, 15) is 4.79 Å². The third-order valence-corrected chi connectivity index (χ3v) is 0.872. The molecule has 51 valence electrons. The molecule has 0 heterocycles. The molecule has 0 aromatic heterocycles. The lowest BCUT2D eigenvalue weighted by atomic mass is 10.4. The van der Waals surface area contributed by atoms with E-state index in [1.807, 2.05) is 13.3 Å². The molecule has 0 atom stereocenters. The van der Waals surface area contributed by atoms with Gasteiger partial charge >= 0.3 is 0 Å². The summed E-state index contributed by atoms with van der Waals surface area (Å²) in [5.41, 5.74) is 0. The van der Waals surface area contributed by atoms with E-state index in [4.69, 9.17) is 0 Å². The lowest BCUT2D eigenvalue weighted by molar-refractivity contribution is -0.123. The summed E-state index contributed by atoms with van der Waals surface area (Å²) in [7, 11) is 3.45. The molecule has 0 aliphatic carbocycles. The van der Waals surface area contributed by atoms with Gasteiger partial charge in [0.2, 0.25) is 5.91 Å².